The highest BCUT2D eigenvalue weighted by atomic mass is 35.5. The van der Waals surface area contributed by atoms with Crippen molar-refractivity contribution in [3.8, 4) is 11.6 Å². The van der Waals surface area contributed by atoms with E-state index in [0.29, 0.717) is 29.7 Å². The Labute approximate surface area is 152 Å². The molecule has 1 fully saturated rings. The van der Waals surface area contributed by atoms with Gasteiger partial charge in [0.2, 0.25) is 11.8 Å². The van der Waals surface area contributed by atoms with E-state index < -0.39 is 0 Å². The molecule has 2 aromatic rings. The Kier molecular flexibility index (Phi) is 5.83. The fourth-order valence-electron chi connectivity index (χ4n) is 3.00. The molecule has 0 radical (unpaired) electrons. The van der Waals surface area contributed by atoms with Crippen LogP contribution in [0.15, 0.2) is 36.7 Å². The van der Waals surface area contributed by atoms with Gasteiger partial charge in [-0.05, 0) is 44.2 Å². The largest absolute Gasteiger partial charge is 0.437 e. The second-order valence-corrected chi connectivity index (χ2v) is 6.45. The van der Waals surface area contributed by atoms with E-state index in [2.05, 4.69) is 15.3 Å². The molecule has 0 bridgehead atoms. The van der Waals surface area contributed by atoms with Crippen molar-refractivity contribution >= 4 is 17.5 Å². The van der Waals surface area contributed by atoms with Crippen molar-refractivity contribution in [3.05, 3.63) is 47.4 Å². The van der Waals surface area contributed by atoms with Gasteiger partial charge in [0.15, 0.2) is 0 Å². The maximum absolute atomic E-state index is 12.2. The van der Waals surface area contributed by atoms with Gasteiger partial charge in [0.25, 0.3) is 0 Å². The molecule has 25 heavy (non-hydrogen) atoms. The zero-order valence-electron chi connectivity index (χ0n) is 14.1. The Bertz CT molecular complexity index is 723. The van der Waals surface area contributed by atoms with Crippen LogP contribution in [0, 0.1) is 0 Å². The quantitative estimate of drug-likeness (QED) is 0.888. The molecule has 3 rings (SSSR count). The lowest BCUT2D eigenvalue weighted by Crippen LogP contribution is -2.43. The molecule has 0 saturated carbocycles. The van der Waals surface area contributed by atoms with Crippen molar-refractivity contribution in [2.75, 3.05) is 26.7 Å². The monoisotopic (exact) mass is 360 g/mol. The number of likely N-dealkylation sites (N-methyl/N-ethyl adjacent to an activating group) is 1. The second-order valence-electron chi connectivity index (χ2n) is 6.01. The maximum Gasteiger partial charge on any atom is 0.241 e. The molecule has 6 nitrogen and oxygen atoms in total. The summed E-state index contributed by atoms with van der Waals surface area (Å²) in [4.78, 5) is 22.9. The summed E-state index contributed by atoms with van der Waals surface area (Å²) in [5.41, 5.74) is 0.791. The van der Waals surface area contributed by atoms with Gasteiger partial charge in [-0.15, -0.1) is 0 Å². The normalized spacial score (nSPS) is 17.4. The van der Waals surface area contributed by atoms with Gasteiger partial charge in [-0.1, -0.05) is 11.6 Å². The number of ether oxygens (including phenoxy) is 1. The second kappa shape index (κ2) is 8.27. The highest BCUT2D eigenvalue weighted by Crippen LogP contribution is 2.32. The van der Waals surface area contributed by atoms with E-state index in [-0.39, 0.29) is 11.8 Å². The molecule has 1 N–H and O–H groups in total. The summed E-state index contributed by atoms with van der Waals surface area (Å²) in [5, 5.41) is 3.56. The summed E-state index contributed by atoms with van der Waals surface area (Å²) >= 11 is 5.91. The average molecular weight is 361 g/mol. The Morgan fingerprint density at radius 1 is 1.32 bits per heavy atom. The predicted molar refractivity (Wildman–Crippen MR) is 96.0 cm³/mol. The van der Waals surface area contributed by atoms with Gasteiger partial charge in [0, 0.05) is 36.4 Å². The van der Waals surface area contributed by atoms with Crippen LogP contribution in [0.2, 0.25) is 5.02 Å². The lowest BCUT2D eigenvalue weighted by Gasteiger charge is -2.32. The van der Waals surface area contributed by atoms with Crippen LogP contribution in [0.4, 0.5) is 0 Å². The summed E-state index contributed by atoms with van der Waals surface area (Å²) in [7, 11) is 1.78. The Morgan fingerprint density at radius 2 is 2.08 bits per heavy atom. The van der Waals surface area contributed by atoms with E-state index in [1.54, 1.807) is 43.7 Å². The van der Waals surface area contributed by atoms with Crippen LogP contribution in [0.3, 0.4) is 0 Å². The maximum atomic E-state index is 12.2. The first-order valence-corrected chi connectivity index (χ1v) is 8.72. The summed E-state index contributed by atoms with van der Waals surface area (Å²) in [6.45, 7) is 1.77. The van der Waals surface area contributed by atoms with Gasteiger partial charge in [0.1, 0.15) is 11.4 Å². The molecular formula is C18H21ClN4O2. The highest BCUT2D eigenvalue weighted by molar-refractivity contribution is 6.30. The van der Waals surface area contributed by atoms with Crippen molar-refractivity contribution in [1.82, 2.24) is 20.2 Å². The van der Waals surface area contributed by atoms with Gasteiger partial charge in [-0.2, -0.15) is 0 Å². The number of benzene rings is 1. The molecular weight excluding hydrogens is 340 g/mol. The number of likely N-dealkylation sites (tertiary alicyclic amines) is 1. The van der Waals surface area contributed by atoms with Crippen molar-refractivity contribution in [1.29, 1.82) is 0 Å². The number of carbonyl (C=O) groups excluding carboxylic acids is 1. The minimum atomic E-state index is 0.108. The first kappa shape index (κ1) is 17.6. The number of nitrogens with one attached hydrogen (secondary N) is 1. The molecule has 1 atom stereocenters. The van der Waals surface area contributed by atoms with E-state index in [1.807, 2.05) is 4.90 Å². The van der Waals surface area contributed by atoms with Crippen LogP contribution < -0.4 is 10.1 Å². The molecule has 1 saturated heterocycles. The standard InChI is InChI=1S/C18H21ClN4O2/c1-20-11-16(24)23-10-2-3-13(12-23)17-18(22-9-8-21-17)25-15-6-4-14(19)5-7-15/h4-9,13,20H,2-3,10-12H2,1H3/t13-/m0/s1. The summed E-state index contributed by atoms with van der Waals surface area (Å²) in [6.07, 6.45) is 5.18. The van der Waals surface area contributed by atoms with E-state index in [9.17, 15) is 4.79 Å². The molecule has 0 unspecified atom stereocenters. The van der Waals surface area contributed by atoms with Crippen LogP contribution in [0.5, 0.6) is 11.6 Å². The molecule has 2 heterocycles. The van der Waals surface area contributed by atoms with Crippen molar-refractivity contribution < 1.29 is 9.53 Å². The number of piperidine rings is 1. The Morgan fingerprint density at radius 3 is 2.84 bits per heavy atom. The smallest absolute Gasteiger partial charge is 0.241 e. The SMILES string of the molecule is CNCC(=O)N1CCC[C@H](c2nccnc2Oc2ccc(Cl)cc2)C1. The van der Waals surface area contributed by atoms with Gasteiger partial charge < -0.3 is 15.0 Å². The van der Waals surface area contributed by atoms with Crippen molar-refractivity contribution in [3.63, 3.8) is 0 Å². The third-order valence-electron chi connectivity index (χ3n) is 4.21. The number of hydrogen-bond acceptors (Lipinski definition) is 5. The first-order chi connectivity index (χ1) is 12.2. The van der Waals surface area contributed by atoms with Crippen LogP contribution in [-0.4, -0.2) is 47.5 Å². The number of halogens is 1. The van der Waals surface area contributed by atoms with Crippen molar-refractivity contribution in [2.24, 2.45) is 0 Å². The van der Waals surface area contributed by atoms with Gasteiger partial charge in [0.05, 0.1) is 6.54 Å². The number of aromatic nitrogens is 2. The number of hydrogen-bond donors (Lipinski definition) is 1. The summed E-state index contributed by atoms with van der Waals surface area (Å²) in [5.74, 6) is 1.37. The summed E-state index contributed by atoms with van der Waals surface area (Å²) < 4.78 is 5.91. The average Bonchev–Trinajstić information content (AvgIpc) is 2.64. The third kappa shape index (κ3) is 4.46. The number of carbonyl (C=O) groups is 1. The van der Waals surface area contributed by atoms with E-state index in [1.165, 1.54) is 0 Å². The fraction of sp³-hybridized carbons (Fsp3) is 0.389. The van der Waals surface area contributed by atoms with E-state index in [0.717, 1.165) is 25.1 Å². The van der Waals surface area contributed by atoms with Crippen LogP contribution in [-0.2, 0) is 4.79 Å². The van der Waals surface area contributed by atoms with E-state index in [4.69, 9.17) is 16.3 Å². The molecule has 0 aliphatic carbocycles. The first-order valence-electron chi connectivity index (χ1n) is 8.34. The van der Waals surface area contributed by atoms with Crippen LogP contribution >= 0.6 is 11.6 Å². The lowest BCUT2D eigenvalue weighted by molar-refractivity contribution is -0.131. The van der Waals surface area contributed by atoms with Gasteiger partial charge >= 0.3 is 0 Å². The zero-order valence-corrected chi connectivity index (χ0v) is 14.9. The summed E-state index contributed by atoms with van der Waals surface area (Å²) in [6, 6.07) is 7.13. The van der Waals surface area contributed by atoms with Crippen LogP contribution in [0.1, 0.15) is 24.5 Å². The molecule has 7 heteroatoms. The lowest BCUT2D eigenvalue weighted by atomic mass is 9.94. The van der Waals surface area contributed by atoms with Gasteiger partial charge in [-0.25, -0.2) is 4.98 Å². The van der Waals surface area contributed by atoms with Gasteiger partial charge in [-0.3, -0.25) is 9.78 Å². The third-order valence-corrected chi connectivity index (χ3v) is 4.46. The molecule has 0 spiro atoms. The number of nitrogens with zero attached hydrogens (tertiary/aromatic N) is 3. The molecule has 1 aliphatic rings. The topological polar surface area (TPSA) is 67.4 Å². The Balaban J connectivity index is 1.77. The molecule has 132 valence electrons. The molecule has 1 aromatic carbocycles. The van der Waals surface area contributed by atoms with Crippen molar-refractivity contribution in [2.45, 2.75) is 18.8 Å². The number of rotatable bonds is 5. The van der Waals surface area contributed by atoms with Crippen LogP contribution in [0.25, 0.3) is 0 Å². The zero-order chi connectivity index (χ0) is 17.6. The van der Waals surface area contributed by atoms with E-state index >= 15 is 0 Å². The fourth-order valence-corrected chi connectivity index (χ4v) is 3.12. The highest BCUT2D eigenvalue weighted by Gasteiger charge is 2.28. The molecule has 1 aliphatic heterocycles. The minimum absolute atomic E-state index is 0.108. The number of amides is 1. The Hall–Kier alpha value is -2.18. The molecule has 1 amide bonds. The minimum Gasteiger partial charge on any atom is -0.437 e. The molecule has 1 aromatic heterocycles. The predicted octanol–water partition coefficient (Wildman–Crippen LogP) is 2.85.